The molecule has 198 valence electrons. The van der Waals surface area contributed by atoms with Crippen LogP contribution in [0.15, 0.2) is 143 Å². The standard InChI is InChI=1S/C37H29N3O/c1-25(27-11-5-2-6-12-27)39-36(30-13-7-3-8-14-30)38-24-26-17-18-28-19-20-29-21-22-33-35(34(29)32(28)23-26)41-37(40-33)31-15-9-4-10-16-31/h2-23,37,40H,24H2,1H3. The fourth-order valence-corrected chi connectivity index (χ4v) is 5.41. The molecule has 0 radical (unpaired) electrons. The summed E-state index contributed by atoms with van der Waals surface area (Å²) >= 11 is 0. The Morgan fingerprint density at radius 1 is 0.707 bits per heavy atom. The first kappa shape index (κ1) is 24.8. The van der Waals surface area contributed by atoms with Crippen LogP contribution in [-0.2, 0) is 6.54 Å². The lowest BCUT2D eigenvalue weighted by Crippen LogP contribution is -2.09. The van der Waals surface area contributed by atoms with Crippen LogP contribution in [0.5, 0.6) is 5.75 Å². The van der Waals surface area contributed by atoms with Crippen molar-refractivity contribution >= 4 is 38.8 Å². The molecule has 4 nitrogen and oxygen atoms in total. The highest BCUT2D eigenvalue weighted by Gasteiger charge is 2.26. The van der Waals surface area contributed by atoms with Crippen LogP contribution in [0.1, 0.15) is 35.4 Å². The summed E-state index contributed by atoms with van der Waals surface area (Å²) in [6.07, 6.45) is -0.209. The van der Waals surface area contributed by atoms with Crippen molar-refractivity contribution in [1.82, 2.24) is 0 Å². The first-order valence-corrected chi connectivity index (χ1v) is 13.9. The average Bonchev–Trinajstić information content (AvgIpc) is 3.49. The number of benzene rings is 6. The molecule has 4 heteroatoms. The van der Waals surface area contributed by atoms with Gasteiger partial charge in [0.05, 0.1) is 12.2 Å². The molecule has 1 unspecified atom stereocenters. The van der Waals surface area contributed by atoms with Crippen LogP contribution in [0.2, 0.25) is 0 Å². The first-order chi connectivity index (χ1) is 20.2. The molecular weight excluding hydrogens is 502 g/mol. The Morgan fingerprint density at radius 2 is 1.34 bits per heavy atom. The fourth-order valence-electron chi connectivity index (χ4n) is 5.41. The van der Waals surface area contributed by atoms with Crippen LogP contribution < -0.4 is 10.1 Å². The van der Waals surface area contributed by atoms with Crippen molar-refractivity contribution in [3.05, 3.63) is 156 Å². The van der Waals surface area contributed by atoms with Gasteiger partial charge in [-0.1, -0.05) is 121 Å². The molecule has 0 fully saturated rings. The summed E-state index contributed by atoms with van der Waals surface area (Å²) in [4.78, 5) is 9.99. The van der Waals surface area contributed by atoms with Gasteiger partial charge in [-0.3, -0.25) is 4.99 Å². The lowest BCUT2D eigenvalue weighted by atomic mass is 9.98. The van der Waals surface area contributed by atoms with E-state index in [4.69, 9.17) is 14.7 Å². The van der Waals surface area contributed by atoms with E-state index in [1.54, 1.807) is 0 Å². The summed E-state index contributed by atoms with van der Waals surface area (Å²) < 4.78 is 6.54. The van der Waals surface area contributed by atoms with E-state index in [-0.39, 0.29) is 6.23 Å². The molecule has 0 saturated carbocycles. The Kier molecular flexibility index (Phi) is 6.50. The van der Waals surface area contributed by atoms with Gasteiger partial charge in [-0.2, -0.15) is 0 Å². The molecule has 1 N–H and O–H groups in total. The maximum Gasteiger partial charge on any atom is 0.196 e. The molecule has 41 heavy (non-hydrogen) atoms. The minimum Gasteiger partial charge on any atom is -0.464 e. The predicted octanol–water partition coefficient (Wildman–Crippen LogP) is 8.95. The molecule has 0 aromatic heterocycles. The van der Waals surface area contributed by atoms with Crippen molar-refractivity contribution in [2.75, 3.05) is 5.32 Å². The molecule has 0 spiro atoms. The van der Waals surface area contributed by atoms with Crippen LogP contribution in [-0.4, -0.2) is 11.5 Å². The number of nitrogens with one attached hydrogen (secondary N) is 1. The van der Waals surface area contributed by atoms with Crippen LogP contribution in [0.25, 0.3) is 21.5 Å². The summed E-state index contributed by atoms with van der Waals surface area (Å²) in [5.41, 5.74) is 6.26. The second kappa shape index (κ2) is 10.7. The summed E-state index contributed by atoms with van der Waals surface area (Å²) in [7, 11) is 0. The van der Waals surface area contributed by atoms with E-state index >= 15 is 0 Å². The zero-order valence-corrected chi connectivity index (χ0v) is 22.8. The number of anilines is 1. The zero-order valence-electron chi connectivity index (χ0n) is 22.8. The molecule has 7 rings (SSSR count). The highest BCUT2D eigenvalue weighted by atomic mass is 16.5. The number of rotatable bonds is 5. The summed E-state index contributed by atoms with van der Waals surface area (Å²) in [5, 5.41) is 8.16. The van der Waals surface area contributed by atoms with Crippen LogP contribution in [0, 0.1) is 0 Å². The normalized spacial score (nSPS) is 15.0. The van der Waals surface area contributed by atoms with Gasteiger partial charge in [0.25, 0.3) is 0 Å². The summed E-state index contributed by atoms with van der Waals surface area (Å²) in [6.45, 7) is 2.55. The molecule has 1 aliphatic heterocycles. The van der Waals surface area contributed by atoms with E-state index in [1.165, 1.54) is 5.39 Å². The molecule has 0 bridgehead atoms. The van der Waals surface area contributed by atoms with Crippen LogP contribution >= 0.6 is 0 Å². The van der Waals surface area contributed by atoms with Crippen LogP contribution in [0.3, 0.4) is 0 Å². The second-order valence-electron chi connectivity index (χ2n) is 10.3. The van der Waals surface area contributed by atoms with Gasteiger partial charge in [0.2, 0.25) is 0 Å². The Hall–Kier alpha value is -5.22. The third kappa shape index (κ3) is 4.96. The molecule has 1 aliphatic rings. The van der Waals surface area contributed by atoms with Gasteiger partial charge in [-0.05, 0) is 46.3 Å². The zero-order chi connectivity index (χ0) is 27.6. The van der Waals surface area contributed by atoms with Gasteiger partial charge in [0, 0.05) is 22.2 Å². The molecule has 0 aliphatic carbocycles. The maximum atomic E-state index is 6.54. The molecule has 6 aromatic rings. The molecule has 0 amide bonds. The molecule has 0 saturated heterocycles. The third-order valence-electron chi connectivity index (χ3n) is 7.55. The van der Waals surface area contributed by atoms with Gasteiger partial charge in [-0.25, -0.2) is 4.99 Å². The van der Waals surface area contributed by atoms with Crippen LogP contribution in [0.4, 0.5) is 5.69 Å². The predicted molar refractivity (Wildman–Crippen MR) is 170 cm³/mol. The van der Waals surface area contributed by atoms with Crippen molar-refractivity contribution in [3.8, 4) is 5.75 Å². The van der Waals surface area contributed by atoms with Gasteiger partial charge in [-0.15, -0.1) is 0 Å². The van der Waals surface area contributed by atoms with E-state index < -0.39 is 0 Å². The largest absolute Gasteiger partial charge is 0.464 e. The number of hydrogen-bond donors (Lipinski definition) is 1. The minimum atomic E-state index is -0.209. The second-order valence-corrected chi connectivity index (χ2v) is 10.3. The van der Waals surface area contributed by atoms with Gasteiger partial charge in [0.1, 0.15) is 0 Å². The van der Waals surface area contributed by atoms with E-state index in [0.717, 1.165) is 61.4 Å². The van der Waals surface area contributed by atoms with E-state index in [9.17, 15) is 0 Å². The number of fused-ring (bicyclic) bond motifs is 5. The van der Waals surface area contributed by atoms with E-state index in [2.05, 4.69) is 84.2 Å². The number of aliphatic imine (C=N–C) groups is 2. The van der Waals surface area contributed by atoms with Crippen molar-refractivity contribution < 1.29 is 4.74 Å². The Labute approximate surface area is 239 Å². The number of ether oxygens (including phenoxy) is 1. The lowest BCUT2D eigenvalue weighted by Gasteiger charge is -2.12. The highest BCUT2D eigenvalue weighted by Crippen LogP contribution is 2.45. The Bertz CT molecular complexity index is 1910. The van der Waals surface area contributed by atoms with E-state index in [0.29, 0.717) is 6.54 Å². The molecule has 6 aromatic carbocycles. The van der Waals surface area contributed by atoms with E-state index in [1.807, 2.05) is 61.5 Å². The first-order valence-electron chi connectivity index (χ1n) is 13.9. The average molecular weight is 532 g/mol. The summed E-state index contributed by atoms with van der Waals surface area (Å²) in [6, 6.07) is 45.9. The molecular formula is C37H29N3O. The van der Waals surface area contributed by atoms with Crippen molar-refractivity contribution in [2.45, 2.75) is 19.7 Å². The van der Waals surface area contributed by atoms with Gasteiger partial charge >= 0.3 is 0 Å². The van der Waals surface area contributed by atoms with Crippen molar-refractivity contribution in [1.29, 1.82) is 0 Å². The number of nitrogens with zero attached hydrogens (tertiary/aromatic N) is 2. The fraction of sp³-hybridized carbons (Fsp3) is 0.0811. The quantitative estimate of drug-likeness (QED) is 0.137. The number of hydrogen-bond acceptors (Lipinski definition) is 3. The molecule has 1 heterocycles. The molecule has 1 atom stereocenters. The smallest absolute Gasteiger partial charge is 0.196 e. The SMILES string of the molecule is CC(=NC(=NCc1ccc2ccc3ccc4c(c3c2c1)OC(c1ccccc1)N4)c1ccccc1)c1ccccc1. The topological polar surface area (TPSA) is 46.0 Å². The van der Waals surface area contributed by atoms with Crippen molar-refractivity contribution in [2.24, 2.45) is 9.98 Å². The Morgan fingerprint density at radius 3 is 2.10 bits per heavy atom. The lowest BCUT2D eigenvalue weighted by molar-refractivity contribution is 0.263. The third-order valence-corrected chi connectivity index (χ3v) is 7.55. The monoisotopic (exact) mass is 531 g/mol. The van der Waals surface area contributed by atoms with Crippen molar-refractivity contribution in [3.63, 3.8) is 0 Å². The minimum absolute atomic E-state index is 0.209. The summed E-state index contributed by atoms with van der Waals surface area (Å²) in [5.74, 6) is 1.62. The number of amidine groups is 1. The Balaban J connectivity index is 1.28. The van der Waals surface area contributed by atoms with Gasteiger partial charge < -0.3 is 10.1 Å². The van der Waals surface area contributed by atoms with Gasteiger partial charge in [0.15, 0.2) is 17.8 Å². The maximum absolute atomic E-state index is 6.54. The highest BCUT2D eigenvalue weighted by molar-refractivity contribution is 6.13.